The third kappa shape index (κ3) is 7.69. The van der Waals surface area contributed by atoms with Gasteiger partial charge in [0, 0.05) is 18.0 Å². The van der Waals surface area contributed by atoms with Gasteiger partial charge in [0.15, 0.2) is 5.96 Å². The number of benzene rings is 1. The maximum Gasteiger partial charge on any atom is 0.191 e. The second-order valence-corrected chi connectivity index (χ2v) is 7.15. The lowest BCUT2D eigenvalue weighted by atomic mass is 10.1. The van der Waals surface area contributed by atoms with Crippen LogP contribution < -0.4 is 15.4 Å². The van der Waals surface area contributed by atoms with Crippen LogP contribution in [0, 0.1) is 0 Å². The first-order valence-corrected chi connectivity index (χ1v) is 9.40. The molecule has 1 aromatic heterocycles. The van der Waals surface area contributed by atoms with E-state index in [1.807, 2.05) is 25.1 Å². The van der Waals surface area contributed by atoms with Crippen molar-refractivity contribution in [3.63, 3.8) is 0 Å². The second kappa shape index (κ2) is 12.4. The highest BCUT2D eigenvalue weighted by Gasteiger charge is 2.10. The molecule has 26 heavy (non-hydrogen) atoms. The molecule has 0 radical (unpaired) electrons. The summed E-state index contributed by atoms with van der Waals surface area (Å²) in [5.74, 6) is 1.55. The van der Waals surface area contributed by atoms with Crippen molar-refractivity contribution in [3.8, 4) is 5.75 Å². The zero-order valence-corrected chi connectivity index (χ0v) is 18.8. The Morgan fingerprint density at radius 1 is 1.23 bits per heavy atom. The Labute approximate surface area is 180 Å². The Hall–Kier alpha value is -1.03. The molecule has 2 rings (SSSR count). The largest absolute Gasteiger partial charge is 0.497 e. The van der Waals surface area contributed by atoms with E-state index in [4.69, 9.17) is 16.3 Å². The molecule has 1 atom stereocenters. The van der Waals surface area contributed by atoms with Crippen LogP contribution in [0.1, 0.15) is 23.5 Å². The number of nitrogens with one attached hydrogen (secondary N) is 2. The van der Waals surface area contributed by atoms with Crippen LogP contribution in [0.25, 0.3) is 0 Å². The number of aliphatic imine (C=N–C) groups is 1. The van der Waals surface area contributed by atoms with E-state index in [0.717, 1.165) is 30.1 Å². The van der Waals surface area contributed by atoms with Crippen LogP contribution in [-0.4, -0.2) is 37.8 Å². The molecular formula is C18H25ClIN3O2S. The summed E-state index contributed by atoms with van der Waals surface area (Å²) in [7, 11) is 1.66. The molecule has 1 unspecified atom stereocenters. The average Bonchev–Trinajstić information content (AvgIpc) is 3.06. The van der Waals surface area contributed by atoms with Gasteiger partial charge in [-0.05, 0) is 43.2 Å². The molecule has 3 N–H and O–H groups in total. The van der Waals surface area contributed by atoms with Crippen molar-refractivity contribution in [1.82, 2.24) is 10.6 Å². The van der Waals surface area contributed by atoms with E-state index in [9.17, 15) is 5.11 Å². The van der Waals surface area contributed by atoms with Gasteiger partial charge in [0.1, 0.15) is 11.9 Å². The maximum absolute atomic E-state index is 10.2. The van der Waals surface area contributed by atoms with Crippen LogP contribution in [0.3, 0.4) is 0 Å². The number of halogens is 2. The number of thiophene rings is 1. The Morgan fingerprint density at radius 2 is 1.96 bits per heavy atom. The smallest absolute Gasteiger partial charge is 0.191 e. The fraction of sp³-hybridized carbons (Fsp3) is 0.389. The third-order valence-electron chi connectivity index (χ3n) is 3.55. The summed E-state index contributed by atoms with van der Waals surface area (Å²) in [4.78, 5) is 5.27. The molecule has 0 saturated carbocycles. The molecular weight excluding hydrogens is 485 g/mol. The van der Waals surface area contributed by atoms with Gasteiger partial charge in [-0.2, -0.15) is 0 Å². The van der Waals surface area contributed by atoms with E-state index in [1.54, 1.807) is 13.2 Å². The Bertz CT molecular complexity index is 679. The Kier molecular flexibility index (Phi) is 11.0. The van der Waals surface area contributed by atoms with Gasteiger partial charge in [0.25, 0.3) is 0 Å². The maximum atomic E-state index is 10.2. The van der Waals surface area contributed by atoms with Crippen LogP contribution in [0.4, 0.5) is 0 Å². The van der Waals surface area contributed by atoms with Gasteiger partial charge >= 0.3 is 0 Å². The lowest BCUT2D eigenvalue weighted by molar-refractivity contribution is 0.191. The molecule has 0 spiro atoms. The van der Waals surface area contributed by atoms with Crippen molar-refractivity contribution < 1.29 is 9.84 Å². The zero-order chi connectivity index (χ0) is 18.1. The van der Waals surface area contributed by atoms with Gasteiger partial charge < -0.3 is 20.5 Å². The van der Waals surface area contributed by atoms with Gasteiger partial charge in [0.05, 0.1) is 18.0 Å². The fourth-order valence-electron chi connectivity index (χ4n) is 2.23. The van der Waals surface area contributed by atoms with Crippen molar-refractivity contribution in [1.29, 1.82) is 0 Å². The van der Waals surface area contributed by atoms with Crippen LogP contribution >= 0.6 is 46.9 Å². The molecule has 2 aromatic rings. The van der Waals surface area contributed by atoms with Crippen molar-refractivity contribution in [3.05, 3.63) is 51.2 Å². The number of aliphatic hydroxyl groups excluding tert-OH is 1. The fourth-order valence-corrected chi connectivity index (χ4v) is 3.27. The number of hydrogen-bond acceptors (Lipinski definition) is 4. The molecule has 8 heteroatoms. The summed E-state index contributed by atoms with van der Waals surface area (Å²) in [6.07, 6.45) is 0.229. The second-order valence-electron chi connectivity index (χ2n) is 5.40. The van der Waals surface area contributed by atoms with E-state index in [0.29, 0.717) is 10.3 Å². The van der Waals surface area contributed by atoms with E-state index < -0.39 is 6.10 Å². The Balaban J connectivity index is 0.00000338. The van der Waals surface area contributed by atoms with Crippen molar-refractivity contribution >= 4 is 52.9 Å². The molecule has 1 heterocycles. The molecule has 144 valence electrons. The highest BCUT2D eigenvalue weighted by molar-refractivity contribution is 14.0. The van der Waals surface area contributed by atoms with E-state index in [1.165, 1.54) is 16.9 Å². The predicted octanol–water partition coefficient (Wildman–Crippen LogP) is 3.86. The summed E-state index contributed by atoms with van der Waals surface area (Å²) in [5, 5.41) is 16.6. The summed E-state index contributed by atoms with van der Waals surface area (Å²) < 4.78 is 5.83. The van der Waals surface area contributed by atoms with Crippen molar-refractivity contribution in [2.45, 2.75) is 19.4 Å². The standard InChI is InChI=1S/C18H24ClN3O2S.HI/c1-3-20-18(22-12-15(23)16-8-9-17(19)25-16)21-11-10-13-4-6-14(24-2)7-5-13;/h4-9,15,23H,3,10-12H2,1-2H3,(H2,20,21,22);1H. The Morgan fingerprint density at radius 3 is 2.54 bits per heavy atom. The summed E-state index contributed by atoms with van der Waals surface area (Å²) in [6, 6.07) is 11.6. The zero-order valence-electron chi connectivity index (χ0n) is 14.9. The SMILES string of the molecule is CCNC(=NCC(O)c1ccc(Cl)s1)NCCc1ccc(OC)cc1.I. The molecule has 0 fully saturated rings. The van der Waals surface area contributed by atoms with Crippen LogP contribution in [0.2, 0.25) is 4.34 Å². The number of ether oxygens (including phenoxy) is 1. The molecule has 0 bridgehead atoms. The van der Waals surface area contributed by atoms with Crippen molar-refractivity contribution in [2.75, 3.05) is 26.7 Å². The number of rotatable bonds is 8. The molecule has 0 aliphatic rings. The predicted molar refractivity (Wildman–Crippen MR) is 120 cm³/mol. The molecule has 0 saturated heterocycles. The van der Waals surface area contributed by atoms with Crippen LogP contribution in [-0.2, 0) is 6.42 Å². The van der Waals surface area contributed by atoms with Gasteiger partial charge in [0.2, 0.25) is 0 Å². The van der Waals surface area contributed by atoms with Gasteiger partial charge in [-0.15, -0.1) is 35.3 Å². The summed E-state index contributed by atoms with van der Waals surface area (Å²) >= 11 is 7.28. The quantitative estimate of drug-likeness (QED) is 0.287. The number of hydrogen-bond donors (Lipinski definition) is 3. The normalized spacial score (nSPS) is 12.2. The number of methoxy groups -OCH3 is 1. The highest BCUT2D eigenvalue weighted by atomic mass is 127. The molecule has 1 aromatic carbocycles. The lowest BCUT2D eigenvalue weighted by Crippen LogP contribution is -2.38. The van der Waals surface area contributed by atoms with E-state index in [2.05, 4.69) is 27.8 Å². The first-order valence-electron chi connectivity index (χ1n) is 8.20. The van der Waals surface area contributed by atoms with Crippen LogP contribution in [0.5, 0.6) is 5.75 Å². The summed E-state index contributed by atoms with van der Waals surface area (Å²) in [6.45, 7) is 3.80. The number of aliphatic hydroxyl groups is 1. The highest BCUT2D eigenvalue weighted by Crippen LogP contribution is 2.26. The van der Waals surface area contributed by atoms with Gasteiger partial charge in [-0.25, -0.2) is 0 Å². The third-order valence-corrected chi connectivity index (χ3v) is 4.89. The monoisotopic (exact) mass is 509 g/mol. The summed E-state index contributed by atoms with van der Waals surface area (Å²) in [5.41, 5.74) is 1.22. The number of guanidine groups is 1. The minimum atomic E-state index is -0.644. The molecule has 5 nitrogen and oxygen atoms in total. The van der Waals surface area contributed by atoms with Gasteiger partial charge in [-0.3, -0.25) is 4.99 Å². The minimum Gasteiger partial charge on any atom is -0.497 e. The number of nitrogens with zero attached hydrogens (tertiary/aromatic N) is 1. The van der Waals surface area contributed by atoms with Crippen molar-refractivity contribution in [2.24, 2.45) is 4.99 Å². The van der Waals surface area contributed by atoms with E-state index in [-0.39, 0.29) is 30.5 Å². The van der Waals surface area contributed by atoms with Crippen LogP contribution in [0.15, 0.2) is 41.4 Å². The van der Waals surface area contributed by atoms with E-state index >= 15 is 0 Å². The molecule has 0 aliphatic heterocycles. The lowest BCUT2D eigenvalue weighted by Gasteiger charge is -2.13. The average molecular weight is 510 g/mol. The minimum absolute atomic E-state index is 0. The molecule has 0 aliphatic carbocycles. The first-order chi connectivity index (χ1) is 12.1. The first kappa shape index (κ1) is 23.0. The topological polar surface area (TPSA) is 65.9 Å². The molecule has 0 amide bonds. The van der Waals surface area contributed by atoms with Gasteiger partial charge in [-0.1, -0.05) is 23.7 Å².